The molecule has 0 spiro atoms. The number of methoxy groups -OCH3 is 1. The molecule has 5 rings (SSSR count). The van der Waals surface area contributed by atoms with Gasteiger partial charge in [-0.2, -0.15) is 0 Å². The molecule has 1 heterocycles. The summed E-state index contributed by atoms with van der Waals surface area (Å²) < 4.78 is 23.6. The number of aryl methyl sites for hydroxylation is 1. The highest BCUT2D eigenvalue weighted by Gasteiger charge is 2.17. The highest BCUT2D eigenvalue weighted by molar-refractivity contribution is 7.98. The number of hydrogen-bond acceptors (Lipinski definition) is 7. The molecule has 1 aromatic heterocycles. The van der Waals surface area contributed by atoms with Gasteiger partial charge in [0.15, 0.2) is 5.16 Å². The molecule has 238 valence electrons. The standard InChI is InChI=1S/C38H40N2O5S/c1-4-13-30-34(18-11-19-35(30)45-36-17-10-9-16-31(36)37(41)42-3)44-23-12-22-43-33-21-20-29(24-28(33)5-2)32-25-39-38(40-32)46-26-27-14-7-6-8-15-27/h6-11,14-21,24-25H,4-5,12-13,22-23,26H2,1-3H3,(H,39,40). The summed E-state index contributed by atoms with van der Waals surface area (Å²) in [5.41, 5.74) is 5.85. The van der Waals surface area contributed by atoms with E-state index in [1.807, 2.05) is 42.6 Å². The number of hydrogen-bond donors (Lipinski definition) is 1. The van der Waals surface area contributed by atoms with Gasteiger partial charge in [0, 0.05) is 23.3 Å². The number of benzene rings is 4. The van der Waals surface area contributed by atoms with E-state index in [0.29, 0.717) is 30.3 Å². The molecule has 1 N–H and O–H groups in total. The maximum atomic E-state index is 12.3. The number of nitrogens with one attached hydrogen (secondary N) is 1. The highest BCUT2D eigenvalue weighted by Crippen LogP contribution is 2.35. The summed E-state index contributed by atoms with van der Waals surface area (Å²) >= 11 is 1.70. The molecule has 0 aliphatic carbocycles. The molecule has 0 unspecified atom stereocenters. The molecule has 46 heavy (non-hydrogen) atoms. The largest absolute Gasteiger partial charge is 0.493 e. The first-order chi connectivity index (χ1) is 22.6. The van der Waals surface area contributed by atoms with Gasteiger partial charge in [0.2, 0.25) is 0 Å². The molecule has 5 aromatic rings. The van der Waals surface area contributed by atoms with Crippen LogP contribution in [0, 0.1) is 0 Å². The van der Waals surface area contributed by atoms with E-state index in [4.69, 9.17) is 18.9 Å². The number of imidazole rings is 1. The molecule has 0 aliphatic rings. The topological polar surface area (TPSA) is 82.7 Å². The average Bonchev–Trinajstić information content (AvgIpc) is 3.58. The van der Waals surface area contributed by atoms with Crippen molar-refractivity contribution in [2.75, 3.05) is 20.3 Å². The van der Waals surface area contributed by atoms with E-state index in [2.05, 4.69) is 60.2 Å². The SMILES string of the molecule is CCCc1c(OCCCOc2ccc(-c3cnc(SCc4ccccc4)[nH]3)cc2CC)cccc1Oc1ccccc1C(=O)OC. The van der Waals surface area contributed by atoms with E-state index in [1.165, 1.54) is 12.7 Å². The van der Waals surface area contributed by atoms with Gasteiger partial charge >= 0.3 is 5.97 Å². The average molecular weight is 637 g/mol. The Morgan fingerprint density at radius 1 is 0.826 bits per heavy atom. The summed E-state index contributed by atoms with van der Waals surface area (Å²) in [6.07, 6.45) is 5.16. The van der Waals surface area contributed by atoms with Gasteiger partial charge < -0.3 is 23.9 Å². The first kappa shape index (κ1) is 32.7. The van der Waals surface area contributed by atoms with Crippen molar-refractivity contribution in [3.05, 3.63) is 119 Å². The smallest absolute Gasteiger partial charge is 0.341 e. The lowest BCUT2D eigenvalue weighted by Crippen LogP contribution is -2.08. The number of H-pyrrole nitrogens is 1. The lowest BCUT2D eigenvalue weighted by atomic mass is 10.1. The Morgan fingerprint density at radius 3 is 2.35 bits per heavy atom. The van der Waals surface area contributed by atoms with Gasteiger partial charge in [-0.1, -0.05) is 80.6 Å². The molecule has 7 nitrogen and oxygen atoms in total. The number of aromatic nitrogens is 2. The molecule has 8 heteroatoms. The minimum absolute atomic E-state index is 0.377. The fraction of sp³-hybridized carbons (Fsp3) is 0.263. The fourth-order valence-electron chi connectivity index (χ4n) is 5.06. The van der Waals surface area contributed by atoms with E-state index in [1.54, 1.807) is 30.0 Å². The van der Waals surface area contributed by atoms with Crippen molar-refractivity contribution in [1.82, 2.24) is 9.97 Å². The third-order valence-corrected chi connectivity index (χ3v) is 8.39. The second-order valence-electron chi connectivity index (χ2n) is 10.7. The van der Waals surface area contributed by atoms with Crippen LogP contribution >= 0.6 is 11.8 Å². The number of ether oxygens (including phenoxy) is 4. The van der Waals surface area contributed by atoms with Crippen LogP contribution in [0.25, 0.3) is 11.3 Å². The Balaban J connectivity index is 1.16. The predicted octanol–water partition coefficient (Wildman–Crippen LogP) is 9.31. The van der Waals surface area contributed by atoms with E-state index in [0.717, 1.165) is 70.5 Å². The summed E-state index contributed by atoms with van der Waals surface area (Å²) in [5.74, 6) is 3.20. The van der Waals surface area contributed by atoms with Gasteiger partial charge in [-0.25, -0.2) is 9.78 Å². The number of esters is 1. The van der Waals surface area contributed by atoms with Crippen molar-refractivity contribution in [2.24, 2.45) is 0 Å². The van der Waals surface area contributed by atoms with E-state index < -0.39 is 5.97 Å². The summed E-state index contributed by atoms with van der Waals surface area (Å²) in [5, 5.41) is 0.905. The maximum Gasteiger partial charge on any atom is 0.341 e. The van der Waals surface area contributed by atoms with Gasteiger partial charge in [0.1, 0.15) is 28.6 Å². The lowest BCUT2D eigenvalue weighted by molar-refractivity contribution is 0.0598. The molecule has 0 bridgehead atoms. The summed E-state index contributed by atoms with van der Waals surface area (Å²) in [4.78, 5) is 20.3. The maximum absolute atomic E-state index is 12.3. The van der Waals surface area contributed by atoms with Crippen molar-refractivity contribution in [2.45, 2.75) is 50.4 Å². The lowest BCUT2D eigenvalue weighted by Gasteiger charge is -2.17. The molecule has 0 saturated carbocycles. The quantitative estimate of drug-likeness (QED) is 0.0657. The van der Waals surface area contributed by atoms with E-state index in [9.17, 15) is 4.79 Å². The molecule has 0 atom stereocenters. The summed E-state index contributed by atoms with van der Waals surface area (Å²) in [6.45, 7) is 5.28. The van der Waals surface area contributed by atoms with Crippen LogP contribution in [0.4, 0.5) is 0 Å². The molecular formula is C38H40N2O5S. The van der Waals surface area contributed by atoms with Crippen LogP contribution in [0.1, 0.15) is 53.7 Å². The number of carbonyl (C=O) groups is 1. The first-order valence-electron chi connectivity index (χ1n) is 15.7. The van der Waals surface area contributed by atoms with Crippen molar-refractivity contribution >= 4 is 17.7 Å². The third-order valence-electron chi connectivity index (χ3n) is 7.43. The minimum atomic E-state index is -0.440. The molecule has 0 fully saturated rings. The zero-order valence-electron chi connectivity index (χ0n) is 26.6. The molecule has 0 amide bonds. The zero-order chi connectivity index (χ0) is 32.1. The van der Waals surface area contributed by atoms with E-state index >= 15 is 0 Å². The van der Waals surface area contributed by atoms with Crippen LogP contribution in [-0.2, 0) is 23.3 Å². The van der Waals surface area contributed by atoms with Crippen molar-refractivity contribution in [1.29, 1.82) is 0 Å². The fourth-order valence-corrected chi connectivity index (χ4v) is 5.87. The second kappa shape index (κ2) is 16.6. The normalized spacial score (nSPS) is 10.8. The summed E-state index contributed by atoms with van der Waals surface area (Å²) in [7, 11) is 1.36. The van der Waals surface area contributed by atoms with Crippen molar-refractivity contribution in [3.63, 3.8) is 0 Å². The molecule has 0 aliphatic heterocycles. The third kappa shape index (κ3) is 8.52. The van der Waals surface area contributed by atoms with Gasteiger partial charge in [-0.15, -0.1) is 0 Å². The van der Waals surface area contributed by atoms with Crippen molar-refractivity contribution in [3.8, 4) is 34.3 Å². The van der Waals surface area contributed by atoms with Crippen LogP contribution in [0.3, 0.4) is 0 Å². The first-order valence-corrected chi connectivity index (χ1v) is 16.7. The molecule has 0 saturated heterocycles. The van der Waals surface area contributed by atoms with Gasteiger partial charge in [0.25, 0.3) is 0 Å². The Hall–Kier alpha value is -4.69. The number of nitrogens with zero attached hydrogens (tertiary/aromatic N) is 1. The van der Waals surface area contributed by atoms with Crippen LogP contribution in [0.15, 0.2) is 102 Å². The number of aromatic amines is 1. The van der Waals surface area contributed by atoms with Crippen LogP contribution in [0.2, 0.25) is 0 Å². The van der Waals surface area contributed by atoms with Gasteiger partial charge in [-0.05, 0) is 66.4 Å². The molecular weight excluding hydrogens is 596 g/mol. The van der Waals surface area contributed by atoms with E-state index in [-0.39, 0.29) is 0 Å². The monoisotopic (exact) mass is 636 g/mol. The number of rotatable bonds is 16. The number of thioether (sulfide) groups is 1. The van der Waals surface area contributed by atoms with Crippen LogP contribution in [0.5, 0.6) is 23.0 Å². The zero-order valence-corrected chi connectivity index (χ0v) is 27.4. The second-order valence-corrected chi connectivity index (χ2v) is 11.6. The Labute approximate surface area is 275 Å². The summed E-state index contributed by atoms with van der Waals surface area (Å²) in [6, 6.07) is 29.5. The Kier molecular flexibility index (Phi) is 11.8. The Bertz CT molecular complexity index is 1720. The molecule has 0 radical (unpaired) electrons. The van der Waals surface area contributed by atoms with Crippen LogP contribution < -0.4 is 14.2 Å². The Morgan fingerprint density at radius 2 is 1.57 bits per heavy atom. The minimum Gasteiger partial charge on any atom is -0.493 e. The van der Waals surface area contributed by atoms with Gasteiger partial charge in [-0.3, -0.25) is 0 Å². The van der Waals surface area contributed by atoms with Crippen molar-refractivity contribution < 1.29 is 23.7 Å². The van der Waals surface area contributed by atoms with Gasteiger partial charge in [0.05, 0.1) is 32.2 Å². The van der Waals surface area contributed by atoms with Crippen LogP contribution in [-0.4, -0.2) is 36.3 Å². The molecule has 4 aromatic carbocycles. The predicted molar refractivity (Wildman–Crippen MR) is 183 cm³/mol. The number of carbonyl (C=O) groups excluding carboxylic acids is 1. The highest BCUT2D eigenvalue weighted by atomic mass is 32.2. The number of para-hydroxylation sites is 1.